The third-order valence-corrected chi connectivity index (χ3v) is 3.15. The highest BCUT2D eigenvalue weighted by atomic mass is 16.5. The van der Waals surface area contributed by atoms with Crippen molar-refractivity contribution in [3.8, 4) is 0 Å². The van der Waals surface area contributed by atoms with E-state index in [1.807, 2.05) is 11.4 Å². The van der Waals surface area contributed by atoms with Gasteiger partial charge in [0, 0.05) is 0 Å². The molecule has 0 aliphatic heterocycles. The second-order valence-electron chi connectivity index (χ2n) is 6.57. The number of hydrogen-bond donors (Lipinski definition) is 2. The number of carboxylic acids is 1. The maximum atomic E-state index is 10.4. The van der Waals surface area contributed by atoms with Gasteiger partial charge in [0.2, 0.25) is 0 Å². The van der Waals surface area contributed by atoms with Gasteiger partial charge in [0.25, 0.3) is 0 Å². The minimum absolute atomic E-state index is 0.242. The summed E-state index contributed by atoms with van der Waals surface area (Å²) in [5, 5.41) is 10.1. The Morgan fingerprint density at radius 2 is 1.83 bits per heavy atom. The molecule has 5 heteroatoms. The van der Waals surface area contributed by atoms with Crippen molar-refractivity contribution in [2.75, 3.05) is 13.2 Å². The van der Waals surface area contributed by atoms with Gasteiger partial charge in [-0.25, -0.2) is 4.79 Å². The zero-order valence-electron chi connectivity index (χ0n) is 16.0. The maximum Gasteiger partial charge on any atom is 0.407 e. The fraction of sp³-hybridized carbons (Fsp3) is 0.789. The summed E-state index contributed by atoms with van der Waals surface area (Å²) in [4.78, 5) is 20.2. The monoisotopic (exact) mass is 343 g/mol. The smallest absolute Gasteiger partial charge is 0.407 e. The van der Waals surface area contributed by atoms with E-state index in [1.165, 1.54) is 44.9 Å². The number of rotatable bonds is 7. The first-order chi connectivity index (χ1) is 11.3. The molecule has 0 aromatic rings. The van der Waals surface area contributed by atoms with Crippen molar-refractivity contribution in [3.63, 3.8) is 0 Å². The topological polar surface area (TPSA) is 75.6 Å². The number of carbonyl (C=O) groups is 2. The van der Waals surface area contributed by atoms with Crippen molar-refractivity contribution in [2.45, 2.75) is 72.6 Å². The first kappa shape index (κ1) is 24.7. The molecule has 0 aromatic heterocycles. The van der Waals surface area contributed by atoms with Crippen LogP contribution in [0.1, 0.15) is 72.6 Å². The quantitative estimate of drug-likeness (QED) is 0.503. The fourth-order valence-corrected chi connectivity index (χ4v) is 2.18. The Morgan fingerprint density at radius 1 is 1.29 bits per heavy atom. The third-order valence-electron chi connectivity index (χ3n) is 3.15. The van der Waals surface area contributed by atoms with E-state index in [0.717, 1.165) is 11.8 Å². The SMILES string of the molecule is C=CCCCC1CCCC1.CC(C)C.CCOC(=O)NCC(=O)O. The van der Waals surface area contributed by atoms with Crippen LogP contribution in [0.3, 0.4) is 0 Å². The lowest BCUT2D eigenvalue weighted by Gasteiger charge is -2.05. The molecule has 1 fully saturated rings. The van der Waals surface area contributed by atoms with Gasteiger partial charge in [-0.3, -0.25) is 4.79 Å². The maximum absolute atomic E-state index is 10.4. The molecule has 5 nitrogen and oxygen atoms in total. The van der Waals surface area contributed by atoms with Crippen LogP contribution in [-0.4, -0.2) is 30.3 Å². The number of nitrogens with one attached hydrogen (secondary N) is 1. The van der Waals surface area contributed by atoms with Crippen molar-refractivity contribution < 1.29 is 19.4 Å². The molecule has 0 atom stereocenters. The Labute approximate surface area is 147 Å². The van der Waals surface area contributed by atoms with Crippen molar-refractivity contribution >= 4 is 12.1 Å². The minimum Gasteiger partial charge on any atom is -0.480 e. The highest BCUT2D eigenvalue weighted by molar-refractivity contribution is 5.76. The molecular weight excluding hydrogens is 306 g/mol. The van der Waals surface area contributed by atoms with Gasteiger partial charge in [-0.1, -0.05) is 59.0 Å². The van der Waals surface area contributed by atoms with E-state index in [2.05, 4.69) is 32.1 Å². The Morgan fingerprint density at radius 3 is 2.25 bits per heavy atom. The first-order valence-corrected chi connectivity index (χ1v) is 9.06. The standard InChI is InChI=1S/C10H18.C5H9NO4.C4H10/c1-2-3-4-7-10-8-5-6-9-10;1-2-10-5(9)6-3-4(7)8;1-4(2)3/h2,10H,1,3-9H2;2-3H2,1H3,(H,6,9)(H,7,8);4H,1-3H3. The van der Waals surface area contributed by atoms with Gasteiger partial charge in [0.1, 0.15) is 6.54 Å². The number of unbranched alkanes of at least 4 members (excludes halogenated alkanes) is 1. The molecule has 0 heterocycles. The van der Waals surface area contributed by atoms with E-state index < -0.39 is 18.6 Å². The number of aliphatic carboxylic acids is 1. The summed E-state index contributed by atoms with van der Waals surface area (Å²) in [6.45, 7) is 11.7. The van der Waals surface area contributed by atoms with Crippen molar-refractivity contribution in [1.82, 2.24) is 5.32 Å². The van der Waals surface area contributed by atoms with Crippen LogP contribution in [0.5, 0.6) is 0 Å². The molecule has 0 radical (unpaired) electrons. The predicted octanol–water partition coefficient (Wildman–Crippen LogP) is 5.01. The number of amides is 1. The van der Waals surface area contributed by atoms with Gasteiger partial charge in [-0.15, -0.1) is 6.58 Å². The number of carboxylic acid groups (broad SMARTS) is 1. The van der Waals surface area contributed by atoms with Crippen LogP contribution >= 0.6 is 0 Å². The second kappa shape index (κ2) is 17.8. The van der Waals surface area contributed by atoms with Crippen LogP contribution in [0.2, 0.25) is 0 Å². The molecule has 24 heavy (non-hydrogen) atoms. The molecule has 1 aliphatic carbocycles. The highest BCUT2D eigenvalue weighted by Gasteiger charge is 2.13. The number of carbonyl (C=O) groups excluding carboxylic acids is 1. The molecule has 1 saturated carbocycles. The van der Waals surface area contributed by atoms with Crippen LogP contribution < -0.4 is 5.32 Å². The molecule has 1 rings (SSSR count). The fourth-order valence-electron chi connectivity index (χ4n) is 2.18. The summed E-state index contributed by atoms with van der Waals surface area (Å²) < 4.78 is 4.38. The molecule has 0 aromatic carbocycles. The zero-order chi connectivity index (χ0) is 18.8. The van der Waals surface area contributed by atoms with Crippen LogP contribution in [0.15, 0.2) is 12.7 Å². The number of ether oxygens (including phenoxy) is 1. The summed E-state index contributed by atoms with van der Waals surface area (Å²) in [5.74, 6) is 0.813. The van der Waals surface area contributed by atoms with Crippen molar-refractivity contribution in [3.05, 3.63) is 12.7 Å². The first-order valence-electron chi connectivity index (χ1n) is 9.06. The van der Waals surface area contributed by atoms with E-state index in [-0.39, 0.29) is 6.61 Å². The molecule has 2 N–H and O–H groups in total. The number of hydrogen-bond acceptors (Lipinski definition) is 3. The summed E-state index contributed by atoms with van der Waals surface area (Å²) in [7, 11) is 0. The second-order valence-corrected chi connectivity index (χ2v) is 6.57. The number of allylic oxidation sites excluding steroid dienone is 1. The van der Waals surface area contributed by atoms with E-state index in [4.69, 9.17) is 5.11 Å². The minimum atomic E-state index is -1.09. The molecule has 1 amide bonds. The van der Waals surface area contributed by atoms with Crippen molar-refractivity contribution in [1.29, 1.82) is 0 Å². The average Bonchev–Trinajstić information content (AvgIpc) is 2.99. The van der Waals surface area contributed by atoms with Crippen LogP contribution in [0, 0.1) is 11.8 Å². The highest BCUT2D eigenvalue weighted by Crippen LogP contribution is 2.28. The van der Waals surface area contributed by atoms with E-state index in [9.17, 15) is 9.59 Å². The molecule has 0 bridgehead atoms. The van der Waals surface area contributed by atoms with E-state index >= 15 is 0 Å². The Balaban J connectivity index is 0. The summed E-state index contributed by atoms with van der Waals surface area (Å²) in [5.41, 5.74) is 0. The summed E-state index contributed by atoms with van der Waals surface area (Å²) in [6.07, 6.45) is 11.3. The van der Waals surface area contributed by atoms with Crippen LogP contribution in [0.4, 0.5) is 4.79 Å². The summed E-state index contributed by atoms with van der Waals surface area (Å²) >= 11 is 0. The normalized spacial score (nSPS) is 13.2. The largest absolute Gasteiger partial charge is 0.480 e. The number of alkyl carbamates (subject to hydrolysis) is 1. The lowest BCUT2D eigenvalue weighted by atomic mass is 10.0. The molecule has 0 unspecified atom stereocenters. The van der Waals surface area contributed by atoms with Gasteiger partial charge in [-0.2, -0.15) is 0 Å². The lowest BCUT2D eigenvalue weighted by molar-refractivity contribution is -0.135. The average molecular weight is 344 g/mol. The summed E-state index contributed by atoms with van der Waals surface area (Å²) in [6, 6.07) is 0. The van der Waals surface area contributed by atoms with Crippen LogP contribution in [0.25, 0.3) is 0 Å². The Hall–Kier alpha value is -1.52. The van der Waals surface area contributed by atoms with Gasteiger partial charge < -0.3 is 15.2 Å². The Bertz CT molecular complexity index is 321. The molecule has 142 valence electrons. The van der Waals surface area contributed by atoms with Gasteiger partial charge in [0.15, 0.2) is 0 Å². The molecule has 1 aliphatic rings. The van der Waals surface area contributed by atoms with E-state index in [0.29, 0.717) is 0 Å². The molecular formula is C19H37NO4. The van der Waals surface area contributed by atoms with Gasteiger partial charge in [0.05, 0.1) is 6.61 Å². The lowest BCUT2D eigenvalue weighted by Crippen LogP contribution is -2.29. The van der Waals surface area contributed by atoms with Crippen LogP contribution in [-0.2, 0) is 9.53 Å². The Kier molecular flexibility index (Phi) is 18.4. The van der Waals surface area contributed by atoms with E-state index in [1.54, 1.807) is 6.92 Å². The molecule has 0 spiro atoms. The molecule has 0 saturated heterocycles. The van der Waals surface area contributed by atoms with Gasteiger partial charge >= 0.3 is 12.1 Å². The predicted molar refractivity (Wildman–Crippen MR) is 99.2 cm³/mol. The third kappa shape index (κ3) is 22.8. The van der Waals surface area contributed by atoms with Crippen molar-refractivity contribution in [2.24, 2.45) is 11.8 Å². The zero-order valence-corrected chi connectivity index (χ0v) is 16.0. The van der Waals surface area contributed by atoms with Gasteiger partial charge in [-0.05, 0) is 31.6 Å².